The molecule has 6 nitrogen and oxygen atoms in total. The SMILES string of the molecule is O=C(c1csc(-c2cccs2)n1)N1CCC(O)(C(=O)O)CC1. The van der Waals surface area contributed by atoms with Crippen molar-refractivity contribution >= 4 is 34.6 Å². The number of thiophene rings is 1. The second kappa shape index (κ2) is 5.79. The summed E-state index contributed by atoms with van der Waals surface area (Å²) in [6.07, 6.45) is 0.0754. The molecular weight excluding hydrogens is 324 g/mol. The zero-order valence-electron chi connectivity index (χ0n) is 11.6. The first-order chi connectivity index (χ1) is 10.5. The smallest absolute Gasteiger partial charge is 0.335 e. The summed E-state index contributed by atoms with van der Waals surface area (Å²) in [7, 11) is 0. The van der Waals surface area contributed by atoms with Gasteiger partial charge in [-0.2, -0.15) is 0 Å². The molecule has 3 heterocycles. The van der Waals surface area contributed by atoms with Gasteiger partial charge in [0.05, 0.1) is 4.88 Å². The van der Waals surface area contributed by atoms with Gasteiger partial charge in [0.2, 0.25) is 0 Å². The monoisotopic (exact) mass is 338 g/mol. The summed E-state index contributed by atoms with van der Waals surface area (Å²) >= 11 is 2.98. The molecule has 22 heavy (non-hydrogen) atoms. The van der Waals surface area contributed by atoms with Crippen molar-refractivity contribution in [2.75, 3.05) is 13.1 Å². The predicted octanol–water partition coefficient (Wildman–Crippen LogP) is 1.92. The largest absolute Gasteiger partial charge is 0.479 e. The van der Waals surface area contributed by atoms with Crippen molar-refractivity contribution in [1.29, 1.82) is 0 Å². The van der Waals surface area contributed by atoms with Gasteiger partial charge in [-0.15, -0.1) is 22.7 Å². The van der Waals surface area contributed by atoms with Crippen LogP contribution in [0.2, 0.25) is 0 Å². The molecule has 1 fully saturated rings. The molecule has 0 aliphatic carbocycles. The maximum absolute atomic E-state index is 12.4. The third-order valence-electron chi connectivity index (χ3n) is 3.73. The number of carboxylic acid groups (broad SMARTS) is 1. The Hall–Kier alpha value is -1.77. The van der Waals surface area contributed by atoms with E-state index in [1.165, 1.54) is 11.3 Å². The van der Waals surface area contributed by atoms with E-state index in [0.29, 0.717) is 5.69 Å². The molecule has 0 saturated carbocycles. The highest BCUT2D eigenvalue weighted by Gasteiger charge is 2.40. The molecule has 3 rings (SSSR count). The number of rotatable bonds is 3. The number of aliphatic carboxylic acids is 1. The molecule has 2 aromatic heterocycles. The summed E-state index contributed by atoms with van der Waals surface area (Å²) in [5.74, 6) is -1.44. The molecule has 0 spiro atoms. The summed E-state index contributed by atoms with van der Waals surface area (Å²) in [6.45, 7) is 0.432. The fourth-order valence-corrected chi connectivity index (χ4v) is 3.95. The van der Waals surface area contributed by atoms with E-state index in [4.69, 9.17) is 5.11 Å². The van der Waals surface area contributed by atoms with Gasteiger partial charge in [-0.25, -0.2) is 9.78 Å². The number of carbonyl (C=O) groups excluding carboxylic acids is 1. The number of piperidine rings is 1. The molecule has 2 aromatic rings. The van der Waals surface area contributed by atoms with E-state index >= 15 is 0 Å². The van der Waals surface area contributed by atoms with Gasteiger partial charge < -0.3 is 15.1 Å². The lowest BCUT2D eigenvalue weighted by atomic mass is 9.91. The van der Waals surface area contributed by atoms with E-state index in [1.54, 1.807) is 21.6 Å². The Labute approximate surface area is 134 Å². The Morgan fingerprint density at radius 3 is 2.59 bits per heavy atom. The van der Waals surface area contributed by atoms with Crippen LogP contribution in [0.15, 0.2) is 22.9 Å². The number of likely N-dealkylation sites (tertiary alicyclic amines) is 1. The second-order valence-electron chi connectivity index (χ2n) is 5.14. The molecule has 1 aliphatic rings. The van der Waals surface area contributed by atoms with E-state index in [9.17, 15) is 14.7 Å². The number of aromatic nitrogens is 1. The maximum Gasteiger partial charge on any atom is 0.335 e. The average Bonchev–Trinajstić information content (AvgIpc) is 3.18. The number of carboxylic acids is 1. The number of aliphatic hydroxyl groups is 1. The number of thiazole rings is 1. The van der Waals surface area contributed by atoms with Crippen LogP contribution in [-0.4, -0.2) is 50.7 Å². The Kier molecular flexibility index (Phi) is 3.98. The van der Waals surface area contributed by atoms with Crippen molar-refractivity contribution in [2.45, 2.75) is 18.4 Å². The zero-order chi connectivity index (χ0) is 15.7. The molecule has 2 N–H and O–H groups in total. The molecule has 0 atom stereocenters. The van der Waals surface area contributed by atoms with E-state index < -0.39 is 11.6 Å². The maximum atomic E-state index is 12.4. The molecule has 0 radical (unpaired) electrons. The molecule has 1 aliphatic heterocycles. The van der Waals surface area contributed by atoms with Gasteiger partial charge in [-0.1, -0.05) is 6.07 Å². The third-order valence-corrected chi connectivity index (χ3v) is 5.61. The van der Waals surface area contributed by atoms with Crippen LogP contribution < -0.4 is 0 Å². The van der Waals surface area contributed by atoms with E-state index in [2.05, 4.69) is 4.98 Å². The molecule has 1 amide bonds. The summed E-state index contributed by atoms with van der Waals surface area (Å²) in [5, 5.41) is 23.4. The van der Waals surface area contributed by atoms with Crippen LogP contribution in [0.5, 0.6) is 0 Å². The van der Waals surface area contributed by atoms with Crippen LogP contribution in [0, 0.1) is 0 Å². The Morgan fingerprint density at radius 2 is 2.00 bits per heavy atom. The van der Waals surface area contributed by atoms with Gasteiger partial charge in [-0.3, -0.25) is 4.79 Å². The van der Waals surface area contributed by atoms with Crippen molar-refractivity contribution in [1.82, 2.24) is 9.88 Å². The number of hydrogen-bond acceptors (Lipinski definition) is 6. The molecule has 8 heteroatoms. The van der Waals surface area contributed by atoms with Gasteiger partial charge in [-0.05, 0) is 11.4 Å². The van der Waals surface area contributed by atoms with Crippen LogP contribution in [0.25, 0.3) is 9.88 Å². The minimum Gasteiger partial charge on any atom is -0.479 e. The van der Waals surface area contributed by atoms with Crippen molar-refractivity contribution in [3.05, 3.63) is 28.6 Å². The molecule has 1 saturated heterocycles. The molecule has 0 bridgehead atoms. The Balaban J connectivity index is 1.69. The topological polar surface area (TPSA) is 90.7 Å². The highest BCUT2D eigenvalue weighted by molar-refractivity contribution is 7.20. The summed E-state index contributed by atoms with van der Waals surface area (Å²) < 4.78 is 0. The number of amides is 1. The van der Waals surface area contributed by atoms with Crippen LogP contribution in [0.4, 0.5) is 0 Å². The van der Waals surface area contributed by atoms with Crippen LogP contribution in [0.1, 0.15) is 23.3 Å². The van der Waals surface area contributed by atoms with Gasteiger partial charge in [0.1, 0.15) is 10.7 Å². The van der Waals surface area contributed by atoms with Gasteiger partial charge in [0, 0.05) is 31.3 Å². The third kappa shape index (κ3) is 2.77. The van der Waals surface area contributed by atoms with Crippen molar-refractivity contribution in [3.63, 3.8) is 0 Å². The fraction of sp³-hybridized carbons (Fsp3) is 0.357. The van der Waals surface area contributed by atoms with Crippen LogP contribution >= 0.6 is 22.7 Å². The van der Waals surface area contributed by atoms with Gasteiger partial charge in [0.25, 0.3) is 5.91 Å². The minimum atomic E-state index is -1.72. The molecule has 116 valence electrons. The van der Waals surface area contributed by atoms with Crippen molar-refractivity contribution < 1.29 is 19.8 Å². The first-order valence-electron chi connectivity index (χ1n) is 6.74. The quantitative estimate of drug-likeness (QED) is 0.892. The predicted molar refractivity (Wildman–Crippen MR) is 83.2 cm³/mol. The molecule has 0 aromatic carbocycles. The Morgan fingerprint density at radius 1 is 1.27 bits per heavy atom. The first kappa shape index (κ1) is 15.1. The highest BCUT2D eigenvalue weighted by atomic mass is 32.1. The lowest BCUT2D eigenvalue weighted by Crippen LogP contribution is -2.50. The molecule has 0 unspecified atom stereocenters. The van der Waals surface area contributed by atoms with E-state index in [1.807, 2.05) is 17.5 Å². The van der Waals surface area contributed by atoms with E-state index in [-0.39, 0.29) is 31.8 Å². The van der Waals surface area contributed by atoms with Gasteiger partial charge in [0.15, 0.2) is 5.60 Å². The van der Waals surface area contributed by atoms with Crippen molar-refractivity contribution in [2.24, 2.45) is 0 Å². The summed E-state index contributed by atoms with van der Waals surface area (Å²) in [4.78, 5) is 30.3. The lowest BCUT2D eigenvalue weighted by molar-refractivity contribution is -0.162. The zero-order valence-corrected chi connectivity index (χ0v) is 13.2. The normalized spacial score (nSPS) is 17.4. The number of carbonyl (C=O) groups is 2. The van der Waals surface area contributed by atoms with Crippen molar-refractivity contribution in [3.8, 4) is 9.88 Å². The van der Waals surface area contributed by atoms with Crippen LogP contribution in [-0.2, 0) is 4.79 Å². The fourth-order valence-electron chi connectivity index (χ4n) is 2.34. The lowest BCUT2D eigenvalue weighted by Gasteiger charge is -2.34. The Bertz CT molecular complexity index is 688. The van der Waals surface area contributed by atoms with Gasteiger partial charge >= 0.3 is 5.97 Å². The first-order valence-corrected chi connectivity index (χ1v) is 8.50. The summed E-state index contributed by atoms with van der Waals surface area (Å²) in [5.41, 5.74) is -1.35. The second-order valence-corrected chi connectivity index (χ2v) is 6.95. The average molecular weight is 338 g/mol. The number of hydrogen-bond donors (Lipinski definition) is 2. The van der Waals surface area contributed by atoms with Crippen LogP contribution in [0.3, 0.4) is 0 Å². The standard InChI is InChI=1S/C14H14N2O4S2/c17-12(16-5-3-14(20,4-6-16)13(18)19)9-8-22-11(15-9)10-2-1-7-21-10/h1-2,7-8,20H,3-6H2,(H,18,19). The summed E-state index contributed by atoms with van der Waals surface area (Å²) in [6, 6.07) is 3.88. The minimum absolute atomic E-state index is 0.0377. The highest BCUT2D eigenvalue weighted by Crippen LogP contribution is 2.29. The molecular formula is C14H14N2O4S2. The van der Waals surface area contributed by atoms with E-state index in [0.717, 1.165) is 9.88 Å². The number of nitrogens with zero attached hydrogens (tertiary/aromatic N) is 2.